The monoisotopic (exact) mass is 541 g/mol. The quantitative estimate of drug-likeness (QED) is 0.497. The van der Waals surface area contributed by atoms with E-state index in [2.05, 4.69) is 21.2 Å². The number of carbonyl (C=O) groups is 2. The van der Waals surface area contributed by atoms with Crippen molar-refractivity contribution in [2.24, 2.45) is 0 Å². The van der Waals surface area contributed by atoms with Gasteiger partial charge in [0, 0.05) is 17.1 Å². The van der Waals surface area contributed by atoms with E-state index in [1.807, 2.05) is 38.1 Å². The number of anilines is 1. The van der Waals surface area contributed by atoms with E-state index in [1.165, 1.54) is 23.1 Å². The molecule has 2 aromatic rings. The number of nitrogens with one attached hydrogen (secondary N) is 1. The molecule has 2 rings (SSSR count). The molecule has 2 aromatic carbocycles. The van der Waals surface area contributed by atoms with Crippen molar-refractivity contribution in [3.63, 3.8) is 0 Å². The lowest BCUT2D eigenvalue weighted by molar-refractivity contribution is -0.139. The molecule has 180 valence electrons. The molecule has 2 unspecified atom stereocenters. The summed E-state index contributed by atoms with van der Waals surface area (Å²) in [6, 6.07) is 11.3. The zero-order valence-electron chi connectivity index (χ0n) is 19.1. The van der Waals surface area contributed by atoms with Crippen molar-refractivity contribution in [1.29, 1.82) is 0 Å². The van der Waals surface area contributed by atoms with E-state index in [1.54, 1.807) is 6.92 Å². The summed E-state index contributed by atoms with van der Waals surface area (Å²) in [6.07, 6.45) is 1.67. The summed E-state index contributed by atoms with van der Waals surface area (Å²) in [5.74, 6) is -1.55. The molecule has 0 aliphatic rings. The van der Waals surface area contributed by atoms with Crippen LogP contribution in [0.2, 0.25) is 0 Å². The summed E-state index contributed by atoms with van der Waals surface area (Å²) in [5.41, 5.74) is 0.803. The molecule has 2 amide bonds. The molecule has 0 saturated heterocycles. The highest BCUT2D eigenvalue weighted by Gasteiger charge is 2.30. The van der Waals surface area contributed by atoms with E-state index in [0.29, 0.717) is 0 Å². The van der Waals surface area contributed by atoms with Crippen LogP contribution in [0.1, 0.15) is 32.8 Å². The van der Waals surface area contributed by atoms with Gasteiger partial charge in [-0.25, -0.2) is 12.8 Å². The van der Waals surface area contributed by atoms with E-state index < -0.39 is 34.3 Å². The van der Waals surface area contributed by atoms with Gasteiger partial charge in [-0.3, -0.25) is 13.9 Å². The Labute approximate surface area is 203 Å². The number of hydrogen-bond acceptors (Lipinski definition) is 4. The lowest BCUT2D eigenvalue weighted by atomic mass is 10.1. The third kappa shape index (κ3) is 7.82. The second kappa shape index (κ2) is 11.6. The third-order valence-electron chi connectivity index (χ3n) is 5.21. The number of hydrogen-bond donors (Lipinski definition) is 1. The van der Waals surface area contributed by atoms with Crippen molar-refractivity contribution in [3.8, 4) is 0 Å². The normalized spacial score (nSPS) is 13.2. The Bertz CT molecular complexity index is 1080. The molecule has 0 heterocycles. The number of rotatable bonds is 10. The lowest BCUT2D eigenvalue weighted by Crippen LogP contribution is -2.52. The van der Waals surface area contributed by atoms with Gasteiger partial charge in [-0.15, -0.1) is 0 Å². The third-order valence-corrected chi connectivity index (χ3v) is 6.88. The van der Waals surface area contributed by atoms with Crippen molar-refractivity contribution in [3.05, 3.63) is 64.4 Å². The largest absolute Gasteiger partial charge is 0.352 e. The van der Waals surface area contributed by atoms with Crippen LogP contribution < -0.4 is 9.62 Å². The van der Waals surface area contributed by atoms with E-state index in [4.69, 9.17) is 0 Å². The van der Waals surface area contributed by atoms with Crippen LogP contribution in [0.4, 0.5) is 10.1 Å². The second-order valence-corrected chi connectivity index (χ2v) is 10.7. The maximum Gasteiger partial charge on any atom is 0.244 e. The molecule has 0 aliphatic carbocycles. The molecule has 0 aromatic heterocycles. The molecule has 0 fully saturated rings. The van der Waals surface area contributed by atoms with E-state index in [-0.39, 0.29) is 24.2 Å². The Morgan fingerprint density at radius 3 is 2.30 bits per heavy atom. The Kier molecular flexibility index (Phi) is 9.42. The van der Waals surface area contributed by atoms with Gasteiger partial charge >= 0.3 is 0 Å². The summed E-state index contributed by atoms with van der Waals surface area (Å²) >= 11 is 3.37. The van der Waals surface area contributed by atoms with Crippen LogP contribution in [-0.2, 0) is 26.2 Å². The van der Waals surface area contributed by atoms with Gasteiger partial charge in [0.05, 0.1) is 11.9 Å². The molecule has 0 aliphatic heterocycles. The molecule has 7 nitrogen and oxygen atoms in total. The van der Waals surface area contributed by atoms with Crippen LogP contribution in [0.3, 0.4) is 0 Å². The second-order valence-electron chi connectivity index (χ2n) is 7.89. The molecule has 2 atom stereocenters. The fraction of sp³-hybridized carbons (Fsp3) is 0.391. The smallest absolute Gasteiger partial charge is 0.244 e. The molecule has 33 heavy (non-hydrogen) atoms. The Morgan fingerprint density at radius 2 is 1.76 bits per heavy atom. The minimum absolute atomic E-state index is 0.0335. The van der Waals surface area contributed by atoms with Crippen molar-refractivity contribution in [2.75, 3.05) is 17.1 Å². The fourth-order valence-electron chi connectivity index (χ4n) is 3.08. The maximum absolute atomic E-state index is 13.7. The maximum atomic E-state index is 13.7. The number of carbonyl (C=O) groups excluding carboxylic acids is 2. The highest BCUT2D eigenvalue weighted by Crippen LogP contribution is 2.20. The average Bonchev–Trinajstić information content (AvgIpc) is 2.75. The van der Waals surface area contributed by atoms with Gasteiger partial charge in [0.1, 0.15) is 18.4 Å². The van der Waals surface area contributed by atoms with Crippen molar-refractivity contribution >= 4 is 43.5 Å². The lowest BCUT2D eigenvalue weighted by Gasteiger charge is -2.32. The minimum atomic E-state index is -3.90. The summed E-state index contributed by atoms with van der Waals surface area (Å²) in [6.45, 7) is 4.92. The molecule has 0 saturated carbocycles. The molecular weight excluding hydrogens is 513 g/mol. The first kappa shape index (κ1) is 26.8. The van der Waals surface area contributed by atoms with Crippen LogP contribution in [0.5, 0.6) is 0 Å². The van der Waals surface area contributed by atoms with Gasteiger partial charge < -0.3 is 10.2 Å². The zero-order chi connectivity index (χ0) is 24.8. The standard InChI is InChI=1S/C23H29BrFN3O4S/c1-5-16(2)26-23(30)17(3)27(14-18-9-11-19(24)12-10-18)22(29)15-28(33(4,31)32)21-8-6-7-20(25)13-21/h6-13,16-17H,5,14-15H2,1-4H3,(H,26,30). The number of nitrogens with zero attached hydrogens (tertiary/aromatic N) is 2. The van der Waals surface area contributed by atoms with Gasteiger partial charge in [-0.05, 0) is 56.2 Å². The summed E-state index contributed by atoms with van der Waals surface area (Å²) in [7, 11) is -3.90. The van der Waals surface area contributed by atoms with E-state index >= 15 is 0 Å². The molecule has 0 spiro atoms. The number of halogens is 2. The first-order valence-corrected chi connectivity index (χ1v) is 13.1. The van der Waals surface area contributed by atoms with Crippen LogP contribution >= 0.6 is 15.9 Å². The summed E-state index contributed by atoms with van der Waals surface area (Å²) in [4.78, 5) is 27.5. The average molecular weight is 542 g/mol. The van der Waals surface area contributed by atoms with Crippen LogP contribution in [0.25, 0.3) is 0 Å². The van der Waals surface area contributed by atoms with E-state index in [0.717, 1.165) is 33.1 Å². The Morgan fingerprint density at radius 1 is 1.12 bits per heavy atom. The van der Waals surface area contributed by atoms with Gasteiger partial charge in [0.2, 0.25) is 21.8 Å². The van der Waals surface area contributed by atoms with Crippen molar-refractivity contribution in [2.45, 2.75) is 45.8 Å². The number of sulfonamides is 1. The fourth-order valence-corrected chi connectivity index (χ4v) is 4.19. The van der Waals surface area contributed by atoms with Crippen LogP contribution in [0.15, 0.2) is 53.0 Å². The number of benzene rings is 2. The molecule has 1 N–H and O–H groups in total. The minimum Gasteiger partial charge on any atom is -0.352 e. The van der Waals surface area contributed by atoms with Gasteiger partial charge in [-0.1, -0.05) is 41.1 Å². The van der Waals surface area contributed by atoms with Crippen molar-refractivity contribution < 1.29 is 22.4 Å². The molecule has 0 bridgehead atoms. The molecule has 10 heteroatoms. The predicted octanol–water partition coefficient (Wildman–Crippen LogP) is 3.69. The SMILES string of the molecule is CCC(C)NC(=O)C(C)N(Cc1ccc(Br)cc1)C(=O)CN(c1cccc(F)c1)S(C)(=O)=O. The Hall–Kier alpha value is -2.46. The summed E-state index contributed by atoms with van der Waals surface area (Å²) < 4.78 is 40.3. The Balaban J connectivity index is 2.37. The zero-order valence-corrected chi connectivity index (χ0v) is 21.5. The highest BCUT2D eigenvalue weighted by atomic mass is 79.9. The highest BCUT2D eigenvalue weighted by molar-refractivity contribution is 9.10. The number of amides is 2. The van der Waals surface area contributed by atoms with Gasteiger partial charge in [0.15, 0.2) is 0 Å². The van der Waals surface area contributed by atoms with E-state index in [9.17, 15) is 22.4 Å². The van der Waals surface area contributed by atoms with Gasteiger partial charge in [0.25, 0.3) is 0 Å². The van der Waals surface area contributed by atoms with Crippen LogP contribution in [-0.4, -0.2) is 50.0 Å². The van der Waals surface area contributed by atoms with Gasteiger partial charge in [-0.2, -0.15) is 0 Å². The molecular formula is C23H29BrFN3O4S. The summed E-state index contributed by atoms with van der Waals surface area (Å²) in [5, 5.41) is 2.86. The van der Waals surface area contributed by atoms with Crippen molar-refractivity contribution in [1.82, 2.24) is 10.2 Å². The topological polar surface area (TPSA) is 86.8 Å². The first-order chi connectivity index (χ1) is 15.4. The first-order valence-electron chi connectivity index (χ1n) is 10.5. The van der Waals surface area contributed by atoms with Crippen LogP contribution in [0, 0.1) is 5.82 Å². The molecule has 0 radical (unpaired) electrons. The predicted molar refractivity (Wildman–Crippen MR) is 131 cm³/mol.